The van der Waals surface area contributed by atoms with Crippen molar-refractivity contribution in [2.75, 3.05) is 19.1 Å². The first-order chi connectivity index (χ1) is 9.24. The molecule has 1 aromatic heterocycles. The molecule has 0 radical (unpaired) electrons. The molecule has 4 heteroatoms. The van der Waals surface area contributed by atoms with Gasteiger partial charge in [0, 0.05) is 31.0 Å². The zero-order valence-corrected chi connectivity index (χ0v) is 11.0. The monoisotopic (exact) mass is 253 g/mol. The second kappa shape index (κ2) is 5.87. The van der Waals surface area contributed by atoms with Crippen LogP contribution in [0.25, 0.3) is 0 Å². The summed E-state index contributed by atoms with van der Waals surface area (Å²) in [5.41, 5.74) is 2.65. The second-order valence-electron chi connectivity index (χ2n) is 4.19. The normalized spacial score (nSPS) is 9.74. The highest BCUT2D eigenvalue weighted by Gasteiger charge is 2.08. The van der Waals surface area contributed by atoms with Crippen molar-refractivity contribution in [1.82, 2.24) is 4.98 Å². The van der Waals surface area contributed by atoms with Gasteiger partial charge in [-0.15, -0.1) is 0 Å². The number of anilines is 1. The molecule has 19 heavy (non-hydrogen) atoms. The lowest BCUT2D eigenvalue weighted by atomic mass is 10.2. The van der Waals surface area contributed by atoms with E-state index in [1.807, 2.05) is 37.4 Å². The van der Waals surface area contributed by atoms with Crippen LogP contribution >= 0.6 is 0 Å². The fourth-order valence-corrected chi connectivity index (χ4v) is 1.89. The zero-order valence-electron chi connectivity index (χ0n) is 11.0. The molecule has 0 aliphatic rings. The van der Waals surface area contributed by atoms with Gasteiger partial charge in [0.1, 0.15) is 0 Å². The summed E-state index contributed by atoms with van der Waals surface area (Å²) in [5.74, 6) is 0.630. The Kier molecular flexibility index (Phi) is 3.99. The fourth-order valence-electron chi connectivity index (χ4n) is 1.89. The third kappa shape index (κ3) is 3.02. The molecule has 1 aromatic carbocycles. The van der Waals surface area contributed by atoms with Gasteiger partial charge in [-0.2, -0.15) is 5.26 Å². The van der Waals surface area contributed by atoms with Crippen molar-refractivity contribution in [3.8, 4) is 11.9 Å². The van der Waals surface area contributed by atoms with Gasteiger partial charge in [-0.05, 0) is 24.3 Å². The van der Waals surface area contributed by atoms with Crippen LogP contribution < -0.4 is 9.64 Å². The molecule has 0 amide bonds. The zero-order chi connectivity index (χ0) is 13.7. The van der Waals surface area contributed by atoms with E-state index in [9.17, 15) is 0 Å². The Labute approximate surface area is 112 Å². The van der Waals surface area contributed by atoms with Crippen LogP contribution in [-0.4, -0.2) is 19.1 Å². The molecule has 0 saturated carbocycles. The molecular weight excluding hydrogens is 238 g/mol. The molecule has 96 valence electrons. The van der Waals surface area contributed by atoms with Gasteiger partial charge >= 0.3 is 0 Å². The molecule has 0 saturated heterocycles. The maximum Gasteiger partial charge on any atom is 0.218 e. The molecule has 2 aromatic rings. The van der Waals surface area contributed by atoms with Gasteiger partial charge in [0.25, 0.3) is 0 Å². The lowest BCUT2D eigenvalue weighted by Gasteiger charge is -2.20. The quantitative estimate of drug-likeness (QED) is 0.840. The summed E-state index contributed by atoms with van der Waals surface area (Å²) in [5, 5.41) is 8.92. The summed E-state index contributed by atoms with van der Waals surface area (Å²) in [7, 11) is 3.59. The summed E-state index contributed by atoms with van der Waals surface area (Å²) in [6.45, 7) is 0.673. The first kappa shape index (κ1) is 12.9. The van der Waals surface area contributed by atoms with Crippen molar-refractivity contribution in [1.29, 1.82) is 5.26 Å². The van der Waals surface area contributed by atoms with Crippen LogP contribution in [0.15, 0.2) is 42.6 Å². The minimum Gasteiger partial charge on any atom is -0.481 e. The molecule has 0 aliphatic heterocycles. The van der Waals surface area contributed by atoms with Gasteiger partial charge in [0.2, 0.25) is 5.88 Å². The van der Waals surface area contributed by atoms with Crippen LogP contribution in [0.5, 0.6) is 5.88 Å². The number of rotatable bonds is 4. The van der Waals surface area contributed by atoms with Crippen molar-refractivity contribution >= 4 is 5.69 Å². The Morgan fingerprint density at radius 2 is 2.16 bits per heavy atom. The molecule has 0 unspecified atom stereocenters. The van der Waals surface area contributed by atoms with Crippen LogP contribution in [0.2, 0.25) is 0 Å². The molecule has 0 aliphatic carbocycles. The van der Waals surface area contributed by atoms with Crippen LogP contribution in [0.4, 0.5) is 5.69 Å². The smallest absolute Gasteiger partial charge is 0.218 e. The number of nitriles is 1. The highest BCUT2D eigenvalue weighted by molar-refractivity contribution is 5.51. The van der Waals surface area contributed by atoms with E-state index in [4.69, 9.17) is 10.00 Å². The van der Waals surface area contributed by atoms with E-state index in [0.29, 0.717) is 18.0 Å². The van der Waals surface area contributed by atoms with Gasteiger partial charge in [0.05, 0.1) is 18.7 Å². The van der Waals surface area contributed by atoms with Crippen molar-refractivity contribution in [3.05, 3.63) is 53.7 Å². The molecule has 0 fully saturated rings. The molecule has 0 atom stereocenters. The minimum atomic E-state index is 0.630. The predicted molar refractivity (Wildman–Crippen MR) is 74.1 cm³/mol. The summed E-state index contributed by atoms with van der Waals surface area (Å²) < 4.78 is 5.24. The average molecular weight is 253 g/mol. The number of benzene rings is 1. The number of aromatic nitrogens is 1. The third-order valence-electron chi connectivity index (χ3n) is 2.87. The molecule has 0 spiro atoms. The lowest BCUT2D eigenvalue weighted by molar-refractivity contribution is 0.392. The summed E-state index contributed by atoms with van der Waals surface area (Å²) in [6.07, 6.45) is 1.71. The molecule has 0 bridgehead atoms. The highest BCUT2D eigenvalue weighted by Crippen LogP contribution is 2.20. The first-order valence-corrected chi connectivity index (χ1v) is 5.94. The average Bonchev–Trinajstić information content (AvgIpc) is 2.47. The Morgan fingerprint density at radius 3 is 2.89 bits per heavy atom. The van der Waals surface area contributed by atoms with Gasteiger partial charge in [-0.1, -0.05) is 12.1 Å². The van der Waals surface area contributed by atoms with Gasteiger partial charge in [0.15, 0.2) is 0 Å². The number of methoxy groups -OCH3 is 1. The van der Waals surface area contributed by atoms with E-state index >= 15 is 0 Å². The molecule has 4 nitrogen and oxygen atoms in total. The Bertz CT molecular complexity index is 604. The van der Waals surface area contributed by atoms with Crippen LogP contribution in [0, 0.1) is 11.3 Å². The van der Waals surface area contributed by atoms with Crippen molar-refractivity contribution in [3.63, 3.8) is 0 Å². The van der Waals surface area contributed by atoms with Crippen molar-refractivity contribution in [2.24, 2.45) is 0 Å². The summed E-state index contributed by atoms with van der Waals surface area (Å²) in [6, 6.07) is 13.5. The molecule has 2 rings (SSSR count). The number of nitrogens with zero attached hydrogens (tertiary/aromatic N) is 3. The van der Waals surface area contributed by atoms with Gasteiger partial charge < -0.3 is 9.64 Å². The lowest BCUT2D eigenvalue weighted by Crippen LogP contribution is -2.17. The van der Waals surface area contributed by atoms with Crippen LogP contribution in [0.1, 0.15) is 11.1 Å². The largest absolute Gasteiger partial charge is 0.481 e. The number of pyridine rings is 1. The van der Waals surface area contributed by atoms with E-state index < -0.39 is 0 Å². The standard InChI is InChI=1S/C15H15N3O/c1-18(14-7-3-5-12(9-14)10-16)11-13-6-4-8-17-15(13)19-2/h3-9H,11H2,1-2H3. The van der Waals surface area contributed by atoms with Crippen LogP contribution in [0.3, 0.4) is 0 Å². The summed E-state index contributed by atoms with van der Waals surface area (Å²) >= 11 is 0. The molecular formula is C15H15N3O. The van der Waals surface area contributed by atoms with E-state index in [2.05, 4.69) is 16.0 Å². The second-order valence-corrected chi connectivity index (χ2v) is 4.19. The van der Waals surface area contributed by atoms with E-state index in [0.717, 1.165) is 11.3 Å². The SMILES string of the molecule is COc1ncccc1CN(C)c1cccc(C#N)c1. The topological polar surface area (TPSA) is 49.1 Å². The third-order valence-corrected chi connectivity index (χ3v) is 2.87. The van der Waals surface area contributed by atoms with Crippen molar-refractivity contribution < 1.29 is 4.74 Å². The predicted octanol–water partition coefficient (Wildman–Crippen LogP) is 2.60. The number of ether oxygens (including phenoxy) is 1. The minimum absolute atomic E-state index is 0.630. The number of hydrogen-bond donors (Lipinski definition) is 0. The Balaban J connectivity index is 2.21. The summed E-state index contributed by atoms with van der Waals surface area (Å²) in [4.78, 5) is 6.23. The maximum absolute atomic E-state index is 8.92. The van der Waals surface area contributed by atoms with Crippen LogP contribution in [-0.2, 0) is 6.54 Å². The van der Waals surface area contributed by atoms with Gasteiger partial charge in [-0.25, -0.2) is 4.98 Å². The number of hydrogen-bond acceptors (Lipinski definition) is 4. The van der Waals surface area contributed by atoms with E-state index in [1.165, 1.54) is 0 Å². The van der Waals surface area contributed by atoms with Crippen molar-refractivity contribution in [2.45, 2.75) is 6.54 Å². The fraction of sp³-hybridized carbons (Fsp3) is 0.200. The first-order valence-electron chi connectivity index (χ1n) is 5.94. The maximum atomic E-state index is 8.92. The molecule has 0 N–H and O–H groups in total. The molecule has 1 heterocycles. The van der Waals surface area contributed by atoms with Gasteiger partial charge in [-0.3, -0.25) is 0 Å². The Morgan fingerprint density at radius 1 is 1.32 bits per heavy atom. The van der Waals surface area contributed by atoms with E-state index in [-0.39, 0.29) is 0 Å². The van der Waals surface area contributed by atoms with E-state index in [1.54, 1.807) is 19.4 Å². The highest BCUT2D eigenvalue weighted by atomic mass is 16.5. The Hall–Kier alpha value is -2.54.